The molecule has 0 aromatic heterocycles. The quantitative estimate of drug-likeness (QED) is 0.881. The van der Waals surface area contributed by atoms with Gasteiger partial charge in [-0.05, 0) is 80.6 Å². The van der Waals surface area contributed by atoms with Crippen LogP contribution in [-0.4, -0.2) is 32.1 Å². The van der Waals surface area contributed by atoms with Gasteiger partial charge < -0.3 is 15.1 Å². The van der Waals surface area contributed by atoms with Crippen molar-refractivity contribution in [2.24, 2.45) is 0 Å². The molecule has 0 atom stereocenters. The molecule has 0 spiro atoms. The van der Waals surface area contributed by atoms with Gasteiger partial charge in [-0.3, -0.25) is 4.79 Å². The number of hydrogen-bond acceptors (Lipinski definition) is 3. The summed E-state index contributed by atoms with van der Waals surface area (Å²) in [7, 11) is 0. The van der Waals surface area contributed by atoms with Crippen molar-refractivity contribution in [1.29, 1.82) is 0 Å². The second-order valence-corrected chi connectivity index (χ2v) is 7.29. The fraction of sp³-hybridized carbons (Fsp3) is 0.409. The van der Waals surface area contributed by atoms with E-state index >= 15 is 0 Å². The van der Waals surface area contributed by atoms with E-state index in [9.17, 15) is 4.79 Å². The molecule has 2 aromatic carbocycles. The lowest BCUT2D eigenvalue weighted by molar-refractivity contribution is 0.102. The predicted octanol–water partition coefficient (Wildman–Crippen LogP) is 4.53. The normalized spacial score (nSPS) is 17.4. The topological polar surface area (TPSA) is 35.6 Å². The number of benzene rings is 2. The SMILES string of the molecule is O=C(Nc1ccc(N2CCCC2)cc1)c1ccc(N2CCCCC2)cc1. The number of hydrogen-bond donors (Lipinski definition) is 1. The smallest absolute Gasteiger partial charge is 0.255 e. The van der Waals surface area contributed by atoms with Crippen molar-refractivity contribution < 1.29 is 4.79 Å². The van der Waals surface area contributed by atoms with Crippen LogP contribution in [0, 0.1) is 0 Å². The largest absolute Gasteiger partial charge is 0.372 e. The molecule has 2 saturated heterocycles. The lowest BCUT2D eigenvalue weighted by atomic mass is 10.1. The van der Waals surface area contributed by atoms with Crippen LogP contribution in [0.15, 0.2) is 48.5 Å². The molecule has 26 heavy (non-hydrogen) atoms. The van der Waals surface area contributed by atoms with E-state index in [1.54, 1.807) is 0 Å². The van der Waals surface area contributed by atoms with Crippen LogP contribution in [0.5, 0.6) is 0 Å². The van der Waals surface area contributed by atoms with Crippen LogP contribution in [0.25, 0.3) is 0 Å². The highest BCUT2D eigenvalue weighted by Gasteiger charge is 2.14. The van der Waals surface area contributed by atoms with Crippen LogP contribution in [0.1, 0.15) is 42.5 Å². The summed E-state index contributed by atoms with van der Waals surface area (Å²) in [6, 6.07) is 16.2. The fourth-order valence-electron chi connectivity index (χ4n) is 3.91. The summed E-state index contributed by atoms with van der Waals surface area (Å²) in [4.78, 5) is 17.3. The Bertz CT molecular complexity index is 727. The van der Waals surface area contributed by atoms with E-state index in [-0.39, 0.29) is 5.91 Å². The first kappa shape index (κ1) is 17.0. The molecular weight excluding hydrogens is 322 g/mol. The molecule has 0 saturated carbocycles. The average molecular weight is 349 g/mol. The van der Waals surface area contributed by atoms with Gasteiger partial charge in [0.25, 0.3) is 5.91 Å². The van der Waals surface area contributed by atoms with Gasteiger partial charge in [-0.15, -0.1) is 0 Å². The van der Waals surface area contributed by atoms with Gasteiger partial charge >= 0.3 is 0 Å². The van der Waals surface area contributed by atoms with E-state index in [1.807, 2.05) is 24.3 Å². The molecule has 4 nitrogen and oxygen atoms in total. The molecular formula is C22H27N3O. The number of anilines is 3. The number of nitrogens with zero attached hydrogens (tertiary/aromatic N) is 2. The van der Waals surface area contributed by atoms with Crippen molar-refractivity contribution in [2.75, 3.05) is 41.3 Å². The highest BCUT2D eigenvalue weighted by atomic mass is 16.1. The molecule has 0 bridgehead atoms. The maximum Gasteiger partial charge on any atom is 0.255 e. The maximum absolute atomic E-state index is 12.5. The fourth-order valence-corrected chi connectivity index (χ4v) is 3.91. The molecule has 1 N–H and O–H groups in total. The zero-order valence-corrected chi connectivity index (χ0v) is 15.3. The van der Waals surface area contributed by atoms with E-state index in [2.05, 4.69) is 39.4 Å². The number of nitrogens with one attached hydrogen (secondary N) is 1. The van der Waals surface area contributed by atoms with E-state index in [0.717, 1.165) is 31.9 Å². The average Bonchev–Trinajstić information content (AvgIpc) is 3.24. The van der Waals surface area contributed by atoms with E-state index in [0.29, 0.717) is 5.56 Å². The van der Waals surface area contributed by atoms with Gasteiger partial charge in [0.15, 0.2) is 0 Å². The Labute approximate surface area is 155 Å². The first-order valence-corrected chi connectivity index (χ1v) is 9.81. The second-order valence-electron chi connectivity index (χ2n) is 7.29. The Morgan fingerprint density at radius 3 is 1.65 bits per heavy atom. The standard InChI is InChI=1S/C22H27N3O/c26-22(18-6-10-20(11-7-18)24-14-2-1-3-15-24)23-19-8-12-21(13-9-19)25-16-4-5-17-25/h6-13H,1-5,14-17H2,(H,23,26). The molecule has 2 fully saturated rings. The van der Waals surface area contributed by atoms with E-state index in [4.69, 9.17) is 0 Å². The highest BCUT2D eigenvalue weighted by molar-refractivity contribution is 6.04. The van der Waals surface area contributed by atoms with Crippen molar-refractivity contribution in [3.63, 3.8) is 0 Å². The number of amides is 1. The Kier molecular flexibility index (Phi) is 5.09. The van der Waals surface area contributed by atoms with E-state index < -0.39 is 0 Å². The molecule has 2 aromatic rings. The number of carbonyl (C=O) groups is 1. The lowest BCUT2D eigenvalue weighted by Gasteiger charge is -2.28. The minimum atomic E-state index is -0.0517. The van der Waals surface area contributed by atoms with Crippen molar-refractivity contribution in [2.45, 2.75) is 32.1 Å². The molecule has 0 aliphatic carbocycles. The third kappa shape index (κ3) is 3.85. The van der Waals surface area contributed by atoms with Gasteiger partial charge in [-0.25, -0.2) is 0 Å². The number of rotatable bonds is 4. The van der Waals surface area contributed by atoms with Crippen molar-refractivity contribution in [3.05, 3.63) is 54.1 Å². The molecule has 2 aliphatic heterocycles. The molecule has 136 valence electrons. The Balaban J connectivity index is 1.38. The van der Waals surface area contributed by atoms with Crippen LogP contribution in [0.2, 0.25) is 0 Å². The van der Waals surface area contributed by atoms with Gasteiger partial charge in [-0.1, -0.05) is 0 Å². The molecule has 2 heterocycles. The molecule has 2 aliphatic rings. The third-order valence-corrected chi connectivity index (χ3v) is 5.45. The van der Waals surface area contributed by atoms with Gasteiger partial charge in [0.1, 0.15) is 0 Å². The molecule has 4 rings (SSSR count). The van der Waals surface area contributed by atoms with Crippen molar-refractivity contribution in [3.8, 4) is 0 Å². The summed E-state index contributed by atoms with van der Waals surface area (Å²) < 4.78 is 0. The third-order valence-electron chi connectivity index (χ3n) is 5.45. The summed E-state index contributed by atoms with van der Waals surface area (Å²) in [5, 5.41) is 3.00. The lowest BCUT2D eigenvalue weighted by Crippen LogP contribution is -2.29. The molecule has 4 heteroatoms. The molecule has 1 amide bonds. The maximum atomic E-state index is 12.5. The number of piperidine rings is 1. The van der Waals surface area contributed by atoms with Gasteiger partial charge in [0, 0.05) is 48.8 Å². The number of carbonyl (C=O) groups excluding carboxylic acids is 1. The van der Waals surface area contributed by atoms with Crippen molar-refractivity contribution >= 4 is 23.0 Å². The highest BCUT2D eigenvalue weighted by Crippen LogP contribution is 2.23. The summed E-state index contributed by atoms with van der Waals surface area (Å²) in [6.07, 6.45) is 6.39. The van der Waals surface area contributed by atoms with Gasteiger partial charge in [0.05, 0.1) is 0 Å². The Morgan fingerprint density at radius 2 is 1.12 bits per heavy atom. The van der Waals surface area contributed by atoms with E-state index in [1.165, 1.54) is 43.5 Å². The summed E-state index contributed by atoms with van der Waals surface area (Å²) in [5.74, 6) is -0.0517. The van der Waals surface area contributed by atoms with Crippen LogP contribution in [-0.2, 0) is 0 Å². The summed E-state index contributed by atoms with van der Waals surface area (Å²) in [5.41, 5.74) is 4.01. The predicted molar refractivity (Wildman–Crippen MR) is 108 cm³/mol. The Morgan fingerprint density at radius 1 is 0.654 bits per heavy atom. The zero-order valence-electron chi connectivity index (χ0n) is 15.3. The van der Waals surface area contributed by atoms with Crippen LogP contribution in [0.3, 0.4) is 0 Å². The second kappa shape index (κ2) is 7.81. The zero-order chi connectivity index (χ0) is 17.8. The van der Waals surface area contributed by atoms with Crippen molar-refractivity contribution in [1.82, 2.24) is 0 Å². The van der Waals surface area contributed by atoms with Gasteiger partial charge in [-0.2, -0.15) is 0 Å². The van der Waals surface area contributed by atoms with Crippen LogP contribution < -0.4 is 15.1 Å². The van der Waals surface area contributed by atoms with Crippen LogP contribution in [0.4, 0.5) is 17.1 Å². The first-order chi connectivity index (χ1) is 12.8. The molecule has 0 radical (unpaired) electrons. The summed E-state index contributed by atoms with van der Waals surface area (Å²) >= 11 is 0. The van der Waals surface area contributed by atoms with Gasteiger partial charge in [0.2, 0.25) is 0 Å². The molecule has 0 unspecified atom stereocenters. The monoisotopic (exact) mass is 349 g/mol. The first-order valence-electron chi connectivity index (χ1n) is 9.81. The Hall–Kier alpha value is -2.49. The van der Waals surface area contributed by atoms with Crippen LogP contribution >= 0.6 is 0 Å². The summed E-state index contributed by atoms with van der Waals surface area (Å²) in [6.45, 7) is 4.51. The minimum Gasteiger partial charge on any atom is -0.372 e. The minimum absolute atomic E-state index is 0.0517.